The van der Waals surface area contributed by atoms with Crippen LogP contribution in [-0.2, 0) is 11.3 Å². The maximum atomic E-state index is 5.64. The topological polar surface area (TPSA) is 78.9 Å². The third-order valence-corrected chi connectivity index (χ3v) is 1.97. The van der Waals surface area contributed by atoms with E-state index in [1.54, 1.807) is 13.4 Å². The quantitative estimate of drug-likeness (QED) is 0.745. The van der Waals surface area contributed by atoms with Gasteiger partial charge in [-0.25, -0.2) is 15.0 Å². The molecule has 0 saturated carbocycles. The largest absolute Gasteiger partial charge is 0.383 e. The predicted molar refractivity (Wildman–Crippen MR) is 51.6 cm³/mol. The number of hydrogen-bond acceptors (Lipinski definition) is 5. The van der Waals surface area contributed by atoms with E-state index in [0.717, 1.165) is 5.65 Å². The number of methoxy groups -OCH3 is 1. The number of anilines is 1. The Labute approximate surface area is 80.7 Å². The average molecular weight is 193 g/mol. The summed E-state index contributed by atoms with van der Waals surface area (Å²) in [4.78, 5) is 12.1. The lowest BCUT2D eigenvalue weighted by Gasteiger charge is -2.01. The molecule has 2 N–H and O–H groups in total. The third-order valence-electron chi connectivity index (χ3n) is 1.97. The molecule has 14 heavy (non-hydrogen) atoms. The van der Waals surface area contributed by atoms with E-state index in [1.165, 1.54) is 6.33 Å². The highest BCUT2D eigenvalue weighted by atomic mass is 16.5. The highest BCUT2D eigenvalue weighted by molar-refractivity contribution is 5.80. The third kappa shape index (κ3) is 1.39. The van der Waals surface area contributed by atoms with Crippen LogP contribution in [0.5, 0.6) is 0 Å². The van der Waals surface area contributed by atoms with E-state index in [-0.39, 0.29) is 0 Å². The minimum absolute atomic E-state index is 0.408. The van der Waals surface area contributed by atoms with Gasteiger partial charge >= 0.3 is 0 Å². The number of nitrogens with zero attached hydrogens (tertiary/aromatic N) is 4. The monoisotopic (exact) mass is 193 g/mol. The van der Waals surface area contributed by atoms with Crippen molar-refractivity contribution in [3.8, 4) is 0 Å². The zero-order chi connectivity index (χ0) is 9.97. The van der Waals surface area contributed by atoms with Gasteiger partial charge in [0, 0.05) is 13.7 Å². The Morgan fingerprint density at radius 1 is 1.43 bits per heavy atom. The first-order valence-electron chi connectivity index (χ1n) is 4.23. The van der Waals surface area contributed by atoms with Crippen LogP contribution in [0.15, 0.2) is 12.7 Å². The molecule has 0 fully saturated rings. The standard InChI is InChI=1S/C8H11N5O/c1-14-3-2-13-5-12-6-7(9)10-4-11-8(6)13/h4-5H,2-3H2,1H3,(H2,9,10,11). The van der Waals surface area contributed by atoms with Gasteiger partial charge in [0.15, 0.2) is 11.5 Å². The molecule has 2 rings (SSSR count). The van der Waals surface area contributed by atoms with Gasteiger partial charge < -0.3 is 15.0 Å². The molecule has 0 saturated heterocycles. The van der Waals surface area contributed by atoms with Crippen molar-refractivity contribution >= 4 is 17.0 Å². The zero-order valence-electron chi connectivity index (χ0n) is 7.84. The maximum Gasteiger partial charge on any atom is 0.165 e. The Kier molecular flexibility index (Phi) is 2.28. The molecule has 0 spiro atoms. The van der Waals surface area contributed by atoms with Gasteiger partial charge in [-0.15, -0.1) is 0 Å². The van der Waals surface area contributed by atoms with Crippen molar-refractivity contribution in [3.05, 3.63) is 12.7 Å². The Hall–Kier alpha value is -1.69. The van der Waals surface area contributed by atoms with Gasteiger partial charge in [0.1, 0.15) is 11.8 Å². The second kappa shape index (κ2) is 3.59. The van der Waals surface area contributed by atoms with E-state index in [1.807, 2.05) is 4.57 Å². The zero-order valence-corrected chi connectivity index (χ0v) is 7.84. The first-order valence-corrected chi connectivity index (χ1v) is 4.23. The summed E-state index contributed by atoms with van der Waals surface area (Å²) in [5.74, 6) is 0.408. The van der Waals surface area contributed by atoms with Crippen LogP contribution >= 0.6 is 0 Å². The van der Waals surface area contributed by atoms with Gasteiger partial charge in [0.05, 0.1) is 12.9 Å². The van der Waals surface area contributed by atoms with Gasteiger partial charge in [0.25, 0.3) is 0 Å². The summed E-state index contributed by atoms with van der Waals surface area (Å²) < 4.78 is 6.86. The van der Waals surface area contributed by atoms with Crippen molar-refractivity contribution in [2.45, 2.75) is 6.54 Å². The molecule has 0 bridgehead atoms. The predicted octanol–water partition coefficient (Wildman–Crippen LogP) is 0.0549. The van der Waals surface area contributed by atoms with Crippen LogP contribution in [0.1, 0.15) is 0 Å². The molecule has 0 aliphatic carbocycles. The molecule has 6 heteroatoms. The lowest BCUT2D eigenvalue weighted by atomic mass is 10.5. The van der Waals surface area contributed by atoms with Crippen molar-refractivity contribution in [1.29, 1.82) is 0 Å². The molecule has 2 aromatic heterocycles. The molecule has 74 valence electrons. The summed E-state index contributed by atoms with van der Waals surface area (Å²) in [5.41, 5.74) is 7.03. The fourth-order valence-corrected chi connectivity index (χ4v) is 1.25. The Bertz CT molecular complexity index is 438. The SMILES string of the molecule is COCCn1cnc2c(N)ncnc21. The van der Waals surface area contributed by atoms with E-state index in [0.29, 0.717) is 24.5 Å². The highest BCUT2D eigenvalue weighted by Crippen LogP contribution is 2.13. The highest BCUT2D eigenvalue weighted by Gasteiger charge is 2.06. The lowest BCUT2D eigenvalue weighted by Crippen LogP contribution is -2.04. The number of ether oxygens (including phenoxy) is 1. The van der Waals surface area contributed by atoms with Gasteiger partial charge in [0.2, 0.25) is 0 Å². The van der Waals surface area contributed by atoms with Crippen LogP contribution in [0.4, 0.5) is 5.82 Å². The van der Waals surface area contributed by atoms with E-state index >= 15 is 0 Å². The van der Waals surface area contributed by atoms with Crippen LogP contribution in [-0.4, -0.2) is 33.2 Å². The van der Waals surface area contributed by atoms with E-state index < -0.39 is 0 Å². The number of nitrogens with two attached hydrogens (primary N) is 1. The summed E-state index contributed by atoms with van der Waals surface area (Å²) in [5, 5.41) is 0. The Balaban J connectivity index is 2.42. The fraction of sp³-hybridized carbons (Fsp3) is 0.375. The molecule has 0 radical (unpaired) electrons. The normalized spacial score (nSPS) is 10.9. The minimum Gasteiger partial charge on any atom is -0.383 e. The molecule has 0 aliphatic heterocycles. The number of fused-ring (bicyclic) bond motifs is 1. The van der Waals surface area contributed by atoms with E-state index in [9.17, 15) is 0 Å². The van der Waals surface area contributed by atoms with Crippen molar-refractivity contribution in [3.63, 3.8) is 0 Å². The smallest absolute Gasteiger partial charge is 0.165 e. The summed E-state index contributed by atoms with van der Waals surface area (Å²) >= 11 is 0. The van der Waals surface area contributed by atoms with E-state index in [4.69, 9.17) is 10.5 Å². The van der Waals surface area contributed by atoms with Gasteiger partial charge in [-0.1, -0.05) is 0 Å². The van der Waals surface area contributed by atoms with Crippen molar-refractivity contribution in [2.75, 3.05) is 19.5 Å². The number of imidazole rings is 1. The molecule has 0 unspecified atom stereocenters. The number of nitrogen functional groups attached to an aromatic ring is 1. The molecule has 6 nitrogen and oxygen atoms in total. The second-order valence-electron chi connectivity index (χ2n) is 2.86. The van der Waals surface area contributed by atoms with Gasteiger partial charge in [-0.3, -0.25) is 0 Å². The van der Waals surface area contributed by atoms with E-state index in [2.05, 4.69) is 15.0 Å². The van der Waals surface area contributed by atoms with Crippen molar-refractivity contribution < 1.29 is 4.74 Å². The van der Waals surface area contributed by atoms with Crippen LogP contribution in [0, 0.1) is 0 Å². The summed E-state index contributed by atoms with van der Waals surface area (Å²) in [6.07, 6.45) is 3.12. The van der Waals surface area contributed by atoms with Crippen molar-refractivity contribution in [2.24, 2.45) is 0 Å². The van der Waals surface area contributed by atoms with Gasteiger partial charge in [-0.05, 0) is 0 Å². The van der Waals surface area contributed by atoms with Gasteiger partial charge in [-0.2, -0.15) is 0 Å². The van der Waals surface area contributed by atoms with Crippen molar-refractivity contribution in [1.82, 2.24) is 19.5 Å². The van der Waals surface area contributed by atoms with Crippen LogP contribution < -0.4 is 5.73 Å². The number of hydrogen-bond donors (Lipinski definition) is 1. The first kappa shape index (κ1) is 8.89. The molecule has 0 amide bonds. The maximum absolute atomic E-state index is 5.64. The molecular formula is C8H11N5O. The Morgan fingerprint density at radius 2 is 2.29 bits per heavy atom. The second-order valence-corrected chi connectivity index (χ2v) is 2.86. The molecule has 0 aromatic carbocycles. The van der Waals surface area contributed by atoms with Crippen LogP contribution in [0.3, 0.4) is 0 Å². The Morgan fingerprint density at radius 3 is 3.07 bits per heavy atom. The summed E-state index contributed by atoms with van der Waals surface area (Å²) in [7, 11) is 1.66. The lowest BCUT2D eigenvalue weighted by molar-refractivity contribution is 0.188. The van der Waals surface area contributed by atoms with Crippen LogP contribution in [0.25, 0.3) is 11.2 Å². The fourth-order valence-electron chi connectivity index (χ4n) is 1.25. The molecule has 0 aliphatic rings. The average Bonchev–Trinajstić information content (AvgIpc) is 2.60. The first-order chi connectivity index (χ1) is 6.83. The molecule has 2 aromatic rings. The minimum atomic E-state index is 0.408. The number of aromatic nitrogens is 4. The molecular weight excluding hydrogens is 182 g/mol. The summed E-state index contributed by atoms with van der Waals surface area (Å²) in [6.45, 7) is 1.33. The molecule has 2 heterocycles. The molecule has 0 atom stereocenters. The summed E-state index contributed by atoms with van der Waals surface area (Å²) in [6, 6.07) is 0. The van der Waals surface area contributed by atoms with Crippen LogP contribution in [0.2, 0.25) is 0 Å². The number of rotatable bonds is 3.